The summed E-state index contributed by atoms with van der Waals surface area (Å²) < 4.78 is 85.2. The number of fused-ring (bicyclic) bond motifs is 3. The normalized spacial score (nSPS) is 19.6. The van der Waals surface area contributed by atoms with Crippen molar-refractivity contribution in [2.75, 3.05) is 38.3 Å². The molecule has 3 atom stereocenters. The molecule has 12 heteroatoms. The Kier molecular flexibility index (Phi) is 12.0. The SMILES string of the molecule is CC.COC(=O)c1ccc2c3c([nH]c2c1)[C@@H](c1c(F)cc(N(C(=O)OC(C)(C)C)[C@H]2CCN(CCCF)C2)cc1F)C(CC(C)(F)F)CC3.[HH]. The summed E-state index contributed by atoms with van der Waals surface area (Å²) in [7, 11) is 1.26. The maximum Gasteiger partial charge on any atom is 0.415 e. The number of aromatic nitrogens is 1. The van der Waals surface area contributed by atoms with Crippen molar-refractivity contribution >= 4 is 28.7 Å². The number of anilines is 1. The van der Waals surface area contributed by atoms with Crippen LogP contribution in [0.5, 0.6) is 0 Å². The third-order valence-corrected chi connectivity index (χ3v) is 8.99. The maximum atomic E-state index is 16.4. The van der Waals surface area contributed by atoms with Crippen LogP contribution in [-0.4, -0.2) is 72.9 Å². The number of alkyl halides is 3. The topological polar surface area (TPSA) is 74.9 Å². The lowest BCUT2D eigenvalue weighted by atomic mass is 9.72. The number of esters is 1. The van der Waals surface area contributed by atoms with E-state index in [-0.39, 0.29) is 24.7 Å². The number of benzene rings is 2. The zero-order valence-corrected chi connectivity index (χ0v) is 29.4. The van der Waals surface area contributed by atoms with Gasteiger partial charge in [-0.05, 0) is 89.1 Å². The monoisotopic (exact) mass is 695 g/mol. The zero-order valence-electron chi connectivity index (χ0n) is 29.4. The molecule has 0 spiro atoms. The predicted octanol–water partition coefficient (Wildman–Crippen LogP) is 9.42. The van der Waals surface area contributed by atoms with E-state index in [1.165, 1.54) is 12.0 Å². The van der Waals surface area contributed by atoms with Crippen molar-refractivity contribution < 1.29 is 42.4 Å². The van der Waals surface area contributed by atoms with Crippen LogP contribution in [0.15, 0.2) is 30.3 Å². The minimum atomic E-state index is -3.10. The van der Waals surface area contributed by atoms with Gasteiger partial charge in [0.25, 0.3) is 0 Å². The summed E-state index contributed by atoms with van der Waals surface area (Å²) in [6, 6.07) is 6.54. The lowest BCUT2D eigenvalue weighted by Gasteiger charge is -2.35. The van der Waals surface area contributed by atoms with Gasteiger partial charge in [-0.2, -0.15) is 0 Å². The third-order valence-electron chi connectivity index (χ3n) is 8.99. The van der Waals surface area contributed by atoms with Crippen LogP contribution in [0.25, 0.3) is 10.9 Å². The number of ether oxygens (including phenoxy) is 2. The van der Waals surface area contributed by atoms with E-state index >= 15 is 8.78 Å². The minimum absolute atomic E-state index is 0. The number of nitrogens with one attached hydrogen (secondary N) is 1. The number of carbonyl (C=O) groups is 2. The third kappa shape index (κ3) is 8.74. The second kappa shape index (κ2) is 15.5. The first kappa shape index (κ1) is 38.1. The Morgan fingerprint density at radius 1 is 1.06 bits per heavy atom. The lowest BCUT2D eigenvalue weighted by molar-refractivity contribution is -0.00827. The first-order valence-electron chi connectivity index (χ1n) is 17.0. The molecule has 2 heterocycles. The second-order valence-corrected chi connectivity index (χ2v) is 13.8. The van der Waals surface area contributed by atoms with Gasteiger partial charge in [0, 0.05) is 55.6 Å². The molecule has 1 fully saturated rings. The molecule has 3 aromatic rings. The molecule has 1 amide bonds. The standard InChI is InChI=1S/C35H42F5N3O4.C2H6.H2/c1-34(2,3)47-33(45)43(22-11-14-42(19-22)13-6-12-36)23-16-26(37)30(27(38)17-23)29-21(18-35(4,39)40)8-10-25-24-9-7-20(32(44)46-5)15-28(24)41-31(25)29;1-2;/h7,9,15-17,21-22,29,41H,6,8,10-14,18-19H2,1-5H3;1-2H3;1H/t21?,22-,29+;;/m0../s1. The number of halogens is 5. The predicted molar refractivity (Wildman–Crippen MR) is 183 cm³/mol. The van der Waals surface area contributed by atoms with Crippen LogP contribution in [0.2, 0.25) is 0 Å². The molecule has 7 nitrogen and oxygen atoms in total. The van der Waals surface area contributed by atoms with Crippen molar-refractivity contribution in [1.82, 2.24) is 9.88 Å². The Morgan fingerprint density at radius 2 is 1.73 bits per heavy atom. The largest absolute Gasteiger partial charge is 0.465 e. The highest BCUT2D eigenvalue weighted by Crippen LogP contribution is 2.48. The molecule has 1 N–H and O–H groups in total. The van der Waals surface area contributed by atoms with E-state index < -0.39 is 66.2 Å². The van der Waals surface area contributed by atoms with E-state index in [0.717, 1.165) is 30.0 Å². The molecular formula is C37H50F5N3O4. The maximum absolute atomic E-state index is 16.4. The molecule has 49 heavy (non-hydrogen) atoms. The molecule has 272 valence electrons. The number of methoxy groups -OCH3 is 1. The number of H-pyrrole nitrogens is 1. The quantitative estimate of drug-likeness (QED) is 0.178. The van der Waals surface area contributed by atoms with Gasteiger partial charge >= 0.3 is 12.1 Å². The molecule has 2 aliphatic rings. The smallest absolute Gasteiger partial charge is 0.415 e. The molecule has 0 saturated carbocycles. The highest BCUT2D eigenvalue weighted by atomic mass is 19.3. The summed E-state index contributed by atoms with van der Waals surface area (Å²) in [6.45, 7) is 10.8. The first-order valence-corrected chi connectivity index (χ1v) is 17.0. The number of rotatable bonds is 9. The van der Waals surface area contributed by atoms with Crippen molar-refractivity contribution in [2.24, 2.45) is 5.92 Å². The molecule has 1 aliphatic heterocycles. The number of nitrogens with zero attached hydrogens (tertiary/aromatic N) is 2. The number of amides is 1. The van der Waals surface area contributed by atoms with Crippen LogP contribution < -0.4 is 4.90 Å². The summed E-state index contributed by atoms with van der Waals surface area (Å²) in [5.41, 5.74) is 0.641. The second-order valence-electron chi connectivity index (χ2n) is 13.8. The number of aromatic amines is 1. The average Bonchev–Trinajstić information content (AvgIpc) is 3.63. The van der Waals surface area contributed by atoms with Crippen LogP contribution in [0.4, 0.5) is 32.4 Å². The summed E-state index contributed by atoms with van der Waals surface area (Å²) in [5, 5.41) is 0.728. The van der Waals surface area contributed by atoms with Crippen molar-refractivity contribution in [3.8, 4) is 0 Å². The molecule has 5 rings (SSSR count). The average molecular weight is 696 g/mol. The Morgan fingerprint density at radius 3 is 2.33 bits per heavy atom. The Labute approximate surface area is 286 Å². The molecule has 1 aliphatic carbocycles. The van der Waals surface area contributed by atoms with Crippen LogP contribution in [-0.2, 0) is 15.9 Å². The van der Waals surface area contributed by atoms with Crippen molar-refractivity contribution in [2.45, 2.75) is 97.1 Å². The fraction of sp³-hybridized carbons (Fsp3) is 0.568. The van der Waals surface area contributed by atoms with Gasteiger partial charge in [-0.25, -0.2) is 27.2 Å². The van der Waals surface area contributed by atoms with Crippen LogP contribution in [0, 0.1) is 17.6 Å². The highest BCUT2D eigenvalue weighted by molar-refractivity contribution is 5.96. The summed E-state index contributed by atoms with van der Waals surface area (Å²) in [6.07, 6.45) is 0.102. The first-order chi connectivity index (χ1) is 23.1. The van der Waals surface area contributed by atoms with Crippen LogP contribution >= 0.6 is 0 Å². The highest BCUT2D eigenvalue weighted by Gasteiger charge is 2.42. The fourth-order valence-corrected chi connectivity index (χ4v) is 7.14. The minimum Gasteiger partial charge on any atom is -0.465 e. The van der Waals surface area contributed by atoms with Crippen LogP contribution in [0.1, 0.15) is 102 Å². The van der Waals surface area contributed by atoms with Gasteiger partial charge in [-0.1, -0.05) is 19.9 Å². The molecule has 1 aromatic heterocycles. The fourth-order valence-electron chi connectivity index (χ4n) is 7.14. The zero-order chi connectivity index (χ0) is 36.3. The summed E-state index contributed by atoms with van der Waals surface area (Å²) >= 11 is 0. The van der Waals surface area contributed by atoms with Crippen molar-refractivity contribution in [3.63, 3.8) is 0 Å². The van der Waals surface area contributed by atoms with E-state index in [9.17, 15) is 22.8 Å². The number of hydrogen-bond donors (Lipinski definition) is 1. The van der Waals surface area contributed by atoms with Crippen molar-refractivity contribution in [3.05, 3.63) is 64.4 Å². The molecular weight excluding hydrogens is 645 g/mol. The number of aryl methyl sites for hydroxylation is 1. The van der Waals surface area contributed by atoms with Gasteiger partial charge in [-0.15, -0.1) is 0 Å². The van der Waals surface area contributed by atoms with Crippen LogP contribution in [0.3, 0.4) is 0 Å². The number of carbonyl (C=O) groups excluding carboxylic acids is 2. The van der Waals surface area contributed by atoms with E-state index in [1.807, 2.05) is 18.7 Å². The number of hydrogen-bond acceptors (Lipinski definition) is 5. The summed E-state index contributed by atoms with van der Waals surface area (Å²) in [4.78, 5) is 32.1. The molecule has 1 saturated heterocycles. The van der Waals surface area contributed by atoms with Gasteiger partial charge in [0.2, 0.25) is 5.92 Å². The Bertz CT molecular complexity index is 1610. The van der Waals surface area contributed by atoms with Gasteiger partial charge in [0.1, 0.15) is 17.2 Å². The van der Waals surface area contributed by atoms with E-state index in [0.29, 0.717) is 50.1 Å². The molecule has 0 radical (unpaired) electrons. The van der Waals surface area contributed by atoms with E-state index in [4.69, 9.17) is 9.47 Å². The molecule has 1 unspecified atom stereocenters. The van der Waals surface area contributed by atoms with Gasteiger partial charge in [0.05, 0.1) is 31.1 Å². The van der Waals surface area contributed by atoms with E-state index in [2.05, 4.69) is 4.98 Å². The number of likely N-dealkylation sites (tertiary alicyclic amines) is 1. The van der Waals surface area contributed by atoms with Crippen molar-refractivity contribution in [1.29, 1.82) is 0 Å². The van der Waals surface area contributed by atoms with E-state index in [1.54, 1.807) is 39.0 Å². The Balaban J connectivity index is 0.00000221. The Hall–Kier alpha value is -3.67. The molecule has 2 aromatic carbocycles. The lowest BCUT2D eigenvalue weighted by Crippen LogP contribution is -2.45. The molecule has 0 bridgehead atoms. The van der Waals surface area contributed by atoms with Gasteiger partial charge in [-0.3, -0.25) is 9.29 Å². The van der Waals surface area contributed by atoms with Gasteiger partial charge < -0.3 is 19.4 Å². The summed E-state index contributed by atoms with van der Waals surface area (Å²) in [5.74, 6) is -7.51. The van der Waals surface area contributed by atoms with Gasteiger partial charge in [0.15, 0.2) is 0 Å².